The van der Waals surface area contributed by atoms with Crippen LogP contribution in [-0.2, 0) is 4.79 Å². The third-order valence-corrected chi connectivity index (χ3v) is 4.26. The Labute approximate surface area is 151 Å². The first-order valence-corrected chi connectivity index (χ1v) is 10.4. The maximum absolute atomic E-state index is 9.58. The molecule has 0 aromatic heterocycles. The van der Waals surface area contributed by atoms with E-state index >= 15 is 0 Å². The lowest BCUT2D eigenvalue weighted by atomic mass is 10.0. The average Bonchev–Trinajstić information content (AvgIpc) is 2.59. The van der Waals surface area contributed by atoms with Crippen LogP contribution in [0.15, 0.2) is 0 Å². The van der Waals surface area contributed by atoms with Gasteiger partial charge in [-0.15, -0.1) is 0 Å². The molecule has 5 N–H and O–H groups in total. The molecule has 0 aliphatic heterocycles. The van der Waals surface area contributed by atoms with E-state index in [0.29, 0.717) is 0 Å². The lowest BCUT2D eigenvalue weighted by molar-refractivity contribution is -0.119. The van der Waals surface area contributed by atoms with Gasteiger partial charge in [-0.2, -0.15) is 0 Å². The van der Waals surface area contributed by atoms with Gasteiger partial charge in [0.05, 0.1) is 0 Å². The molecule has 0 atom stereocenters. The Morgan fingerprint density at radius 1 is 0.667 bits per heavy atom. The minimum Gasteiger partial charge on any atom is -0.330 e. The molecule has 0 aliphatic rings. The second-order valence-corrected chi connectivity index (χ2v) is 6.79. The fraction of sp³-hybridized carbons (Fsp3) is 0.950. The number of carbonyl (C=O) groups excluding carboxylic acids is 1. The van der Waals surface area contributed by atoms with Gasteiger partial charge in [-0.3, -0.25) is 10.2 Å². The summed E-state index contributed by atoms with van der Waals surface area (Å²) < 4.78 is 0. The lowest BCUT2D eigenvalue weighted by Gasteiger charge is -2.03. The zero-order valence-electron chi connectivity index (χ0n) is 16.6. The number of carbonyl (C=O) groups is 1. The van der Waals surface area contributed by atoms with Crippen LogP contribution in [0, 0.1) is 0 Å². The quantitative estimate of drug-likeness (QED) is 0.156. The summed E-state index contributed by atoms with van der Waals surface area (Å²) in [5.74, 6) is 4.35. The molecule has 0 saturated heterocycles. The van der Waals surface area contributed by atoms with E-state index in [1.54, 1.807) is 0 Å². The highest BCUT2D eigenvalue weighted by molar-refractivity contribution is 5.71. The van der Waals surface area contributed by atoms with Crippen molar-refractivity contribution in [2.75, 3.05) is 6.54 Å². The van der Waals surface area contributed by atoms with Crippen LogP contribution in [0.3, 0.4) is 0 Å². The van der Waals surface area contributed by atoms with Crippen LogP contribution in [0.5, 0.6) is 0 Å². The van der Waals surface area contributed by atoms with Crippen LogP contribution in [0.25, 0.3) is 0 Å². The largest absolute Gasteiger partial charge is 0.330 e. The van der Waals surface area contributed by atoms with Gasteiger partial charge < -0.3 is 5.73 Å². The van der Waals surface area contributed by atoms with Gasteiger partial charge in [0.15, 0.2) is 0 Å². The number of unbranched alkanes of at least 4 members (excludes halogenated alkanes) is 15. The molecule has 0 aliphatic carbocycles. The number of hydrazine groups is 1. The Hall–Kier alpha value is -0.610. The molecule has 0 unspecified atom stereocenters. The Balaban J connectivity index is 0. The fourth-order valence-corrected chi connectivity index (χ4v) is 2.69. The minimum atomic E-state index is -0.218. The monoisotopic (exact) mass is 343 g/mol. The van der Waals surface area contributed by atoms with E-state index in [1.807, 2.05) is 5.43 Å². The van der Waals surface area contributed by atoms with Crippen molar-refractivity contribution in [1.29, 1.82) is 0 Å². The standard InChI is InChI=1S/C18H39N.C2H6N2O/c1-2-3-4-5-6-7-8-9-10-11-12-13-14-15-16-17-18-19;1-2(5)4-3/h2-19H2,1H3;3H2,1H3,(H,4,5). The van der Waals surface area contributed by atoms with Gasteiger partial charge in [0.1, 0.15) is 0 Å². The van der Waals surface area contributed by atoms with Crippen molar-refractivity contribution in [3.8, 4) is 0 Å². The molecule has 0 saturated carbocycles. The number of hydrogen-bond acceptors (Lipinski definition) is 3. The molecule has 146 valence electrons. The molecule has 0 spiro atoms. The number of rotatable bonds is 16. The Morgan fingerprint density at radius 3 is 1.12 bits per heavy atom. The summed E-state index contributed by atoms with van der Waals surface area (Å²) in [6, 6.07) is 0. The zero-order chi connectivity index (χ0) is 18.3. The maximum atomic E-state index is 9.58. The van der Waals surface area contributed by atoms with E-state index in [1.165, 1.54) is 110 Å². The highest BCUT2D eigenvalue weighted by Gasteiger charge is 1.94. The zero-order valence-corrected chi connectivity index (χ0v) is 16.6. The van der Waals surface area contributed by atoms with Crippen molar-refractivity contribution in [1.82, 2.24) is 5.43 Å². The van der Waals surface area contributed by atoms with Crippen molar-refractivity contribution in [3.63, 3.8) is 0 Å². The van der Waals surface area contributed by atoms with Crippen molar-refractivity contribution >= 4 is 5.91 Å². The molecule has 0 aromatic carbocycles. The summed E-state index contributed by atoms with van der Waals surface area (Å²) in [5.41, 5.74) is 7.37. The molecule has 0 aromatic rings. The van der Waals surface area contributed by atoms with Gasteiger partial charge in [-0.1, -0.05) is 103 Å². The molecule has 4 nitrogen and oxygen atoms in total. The molecular formula is C20H45N3O. The predicted octanol–water partition coefficient (Wildman–Crippen LogP) is 5.20. The van der Waals surface area contributed by atoms with Crippen molar-refractivity contribution in [3.05, 3.63) is 0 Å². The smallest absolute Gasteiger partial charge is 0.230 e. The summed E-state index contributed by atoms with van der Waals surface area (Å²) in [4.78, 5) is 9.58. The molecule has 1 amide bonds. The van der Waals surface area contributed by atoms with Crippen LogP contribution in [0.2, 0.25) is 0 Å². The third-order valence-electron chi connectivity index (χ3n) is 4.26. The van der Waals surface area contributed by atoms with E-state index in [-0.39, 0.29) is 5.91 Å². The fourth-order valence-electron chi connectivity index (χ4n) is 2.69. The van der Waals surface area contributed by atoms with Gasteiger partial charge in [0, 0.05) is 6.92 Å². The molecular weight excluding hydrogens is 298 g/mol. The number of hydrogen-bond donors (Lipinski definition) is 3. The van der Waals surface area contributed by atoms with E-state index in [2.05, 4.69) is 12.8 Å². The molecule has 0 radical (unpaired) electrons. The molecule has 0 rings (SSSR count). The lowest BCUT2D eigenvalue weighted by Crippen LogP contribution is -2.26. The highest BCUT2D eigenvalue weighted by Crippen LogP contribution is 2.13. The summed E-state index contributed by atoms with van der Waals surface area (Å²) in [5, 5.41) is 0. The number of amides is 1. The third kappa shape index (κ3) is 29.4. The summed E-state index contributed by atoms with van der Waals surface area (Å²) in [6.45, 7) is 4.51. The molecule has 0 bridgehead atoms. The van der Waals surface area contributed by atoms with Gasteiger partial charge in [-0.25, -0.2) is 5.84 Å². The van der Waals surface area contributed by atoms with Crippen molar-refractivity contribution < 1.29 is 4.79 Å². The first-order valence-electron chi connectivity index (χ1n) is 10.4. The topological polar surface area (TPSA) is 81.1 Å². The van der Waals surface area contributed by atoms with Gasteiger partial charge in [-0.05, 0) is 13.0 Å². The van der Waals surface area contributed by atoms with E-state index in [9.17, 15) is 4.79 Å². The van der Waals surface area contributed by atoms with E-state index in [4.69, 9.17) is 5.73 Å². The van der Waals surface area contributed by atoms with Crippen LogP contribution in [0.1, 0.15) is 117 Å². The minimum absolute atomic E-state index is 0.218. The van der Waals surface area contributed by atoms with Gasteiger partial charge in [0.2, 0.25) is 5.91 Å². The van der Waals surface area contributed by atoms with E-state index in [0.717, 1.165) is 6.54 Å². The molecule has 0 heterocycles. The van der Waals surface area contributed by atoms with E-state index < -0.39 is 0 Å². The second-order valence-electron chi connectivity index (χ2n) is 6.79. The molecule has 0 fully saturated rings. The van der Waals surface area contributed by atoms with Crippen molar-refractivity contribution in [2.45, 2.75) is 117 Å². The SMILES string of the molecule is CC(=O)NN.CCCCCCCCCCCCCCCCCCN. The summed E-state index contributed by atoms with van der Waals surface area (Å²) >= 11 is 0. The second kappa shape index (κ2) is 24.6. The predicted molar refractivity (Wildman–Crippen MR) is 107 cm³/mol. The Kier molecular flexibility index (Phi) is 26.3. The average molecular weight is 344 g/mol. The number of nitrogens with one attached hydrogen (secondary N) is 1. The van der Waals surface area contributed by atoms with Crippen LogP contribution in [0.4, 0.5) is 0 Å². The molecule has 4 heteroatoms. The highest BCUT2D eigenvalue weighted by atomic mass is 16.2. The summed E-state index contributed by atoms with van der Waals surface area (Å²) in [6.07, 6.45) is 22.9. The summed E-state index contributed by atoms with van der Waals surface area (Å²) in [7, 11) is 0. The first-order chi connectivity index (χ1) is 11.7. The Morgan fingerprint density at radius 2 is 0.917 bits per heavy atom. The van der Waals surface area contributed by atoms with Crippen LogP contribution in [-0.4, -0.2) is 12.5 Å². The van der Waals surface area contributed by atoms with Crippen LogP contribution < -0.4 is 17.0 Å². The first kappa shape index (κ1) is 25.6. The molecule has 24 heavy (non-hydrogen) atoms. The van der Waals surface area contributed by atoms with Crippen LogP contribution >= 0.6 is 0 Å². The normalized spacial score (nSPS) is 10.2. The van der Waals surface area contributed by atoms with Gasteiger partial charge >= 0.3 is 0 Å². The van der Waals surface area contributed by atoms with Gasteiger partial charge in [0.25, 0.3) is 0 Å². The van der Waals surface area contributed by atoms with Crippen molar-refractivity contribution in [2.24, 2.45) is 11.6 Å². The Bertz CT molecular complexity index is 219. The maximum Gasteiger partial charge on any atom is 0.230 e. The number of nitrogens with two attached hydrogens (primary N) is 2.